The molecule has 0 radical (unpaired) electrons. The molecule has 0 fully saturated rings. The second-order valence-corrected chi connectivity index (χ2v) is 4.45. The van der Waals surface area contributed by atoms with Crippen LogP contribution in [0.4, 0.5) is 0 Å². The van der Waals surface area contributed by atoms with E-state index < -0.39 is 17.0 Å². The average molecular weight is 266 g/mol. The number of carbonyl (C=O) groups is 1. The van der Waals surface area contributed by atoms with Gasteiger partial charge in [-0.2, -0.15) is 0 Å². The van der Waals surface area contributed by atoms with Gasteiger partial charge >= 0.3 is 0 Å². The molecule has 2 aromatic rings. The van der Waals surface area contributed by atoms with Crippen LogP contribution < -0.4 is 5.43 Å². The molecule has 100 valence electrons. The zero-order valence-electron chi connectivity index (χ0n) is 11.0. The minimum Gasteiger partial charge on any atom is -0.504 e. The van der Waals surface area contributed by atoms with Crippen molar-refractivity contribution in [1.29, 1.82) is 0 Å². The van der Waals surface area contributed by atoms with E-state index in [0.717, 1.165) is 11.1 Å². The summed E-state index contributed by atoms with van der Waals surface area (Å²) in [5.41, 5.74) is 1.45. The molecule has 3 heteroatoms. The summed E-state index contributed by atoms with van der Waals surface area (Å²) in [5.74, 6) is -0.926. The molecular weight excluding hydrogens is 252 g/mol. The van der Waals surface area contributed by atoms with Gasteiger partial charge in [0.25, 0.3) is 0 Å². The van der Waals surface area contributed by atoms with E-state index in [4.69, 9.17) is 0 Å². The van der Waals surface area contributed by atoms with Crippen LogP contribution in [-0.2, 0) is 0 Å². The first-order chi connectivity index (χ1) is 9.58. The number of hydrogen-bond acceptors (Lipinski definition) is 3. The molecule has 0 aliphatic carbocycles. The SMILES string of the molecule is Cc1ccc(C=CC(=O)c2ccccc(=O)c2O)cc1. The Morgan fingerprint density at radius 2 is 1.70 bits per heavy atom. The Kier molecular flexibility index (Phi) is 4.11. The Morgan fingerprint density at radius 1 is 1.05 bits per heavy atom. The van der Waals surface area contributed by atoms with E-state index in [0.29, 0.717) is 0 Å². The molecule has 0 saturated heterocycles. The molecule has 0 unspecified atom stereocenters. The van der Waals surface area contributed by atoms with Gasteiger partial charge in [-0.25, -0.2) is 0 Å². The lowest BCUT2D eigenvalue weighted by atomic mass is 10.1. The Bertz CT molecular complexity index is 713. The van der Waals surface area contributed by atoms with E-state index in [1.54, 1.807) is 12.1 Å². The van der Waals surface area contributed by atoms with Gasteiger partial charge in [-0.1, -0.05) is 48.0 Å². The first-order valence-electron chi connectivity index (χ1n) is 6.19. The highest BCUT2D eigenvalue weighted by Crippen LogP contribution is 2.12. The number of aryl methyl sites for hydroxylation is 1. The fraction of sp³-hybridized carbons (Fsp3) is 0.0588. The van der Waals surface area contributed by atoms with E-state index in [9.17, 15) is 14.7 Å². The standard InChI is InChI=1S/C17H14O3/c1-12-6-8-13(9-7-12)10-11-15(18)14-4-2-3-5-16(19)17(14)20/h2-11H,1H3,(H,19,20). The average Bonchev–Trinajstić information content (AvgIpc) is 2.61. The predicted molar refractivity (Wildman–Crippen MR) is 78.9 cm³/mol. The fourth-order valence-corrected chi connectivity index (χ4v) is 1.72. The summed E-state index contributed by atoms with van der Waals surface area (Å²) in [6.07, 6.45) is 3.00. The molecule has 0 aliphatic heterocycles. The number of hydrogen-bond donors (Lipinski definition) is 1. The van der Waals surface area contributed by atoms with E-state index in [1.165, 1.54) is 24.3 Å². The Balaban J connectivity index is 2.30. The van der Waals surface area contributed by atoms with Gasteiger partial charge in [0.15, 0.2) is 11.5 Å². The zero-order chi connectivity index (χ0) is 14.5. The molecule has 0 heterocycles. The summed E-state index contributed by atoms with van der Waals surface area (Å²) in [4.78, 5) is 23.4. The summed E-state index contributed by atoms with van der Waals surface area (Å²) >= 11 is 0. The molecule has 0 aromatic heterocycles. The molecule has 0 bridgehead atoms. The van der Waals surface area contributed by atoms with Crippen LogP contribution in [0.2, 0.25) is 0 Å². The van der Waals surface area contributed by atoms with Crippen molar-refractivity contribution in [1.82, 2.24) is 0 Å². The van der Waals surface area contributed by atoms with Crippen molar-refractivity contribution in [3.8, 4) is 5.75 Å². The molecule has 0 saturated carbocycles. The van der Waals surface area contributed by atoms with Crippen LogP contribution in [-0.4, -0.2) is 10.9 Å². The number of rotatable bonds is 3. The zero-order valence-corrected chi connectivity index (χ0v) is 11.0. The van der Waals surface area contributed by atoms with Crippen LogP contribution >= 0.6 is 0 Å². The third-order valence-corrected chi connectivity index (χ3v) is 2.88. The van der Waals surface area contributed by atoms with Crippen LogP contribution in [0.3, 0.4) is 0 Å². The minimum atomic E-state index is -0.568. The molecule has 2 rings (SSSR count). The van der Waals surface area contributed by atoms with Crippen LogP contribution in [0.15, 0.2) is 59.4 Å². The number of benzene rings is 1. The van der Waals surface area contributed by atoms with Gasteiger partial charge in [-0.3, -0.25) is 9.59 Å². The summed E-state index contributed by atoms with van der Waals surface area (Å²) in [5, 5.41) is 9.69. The summed E-state index contributed by atoms with van der Waals surface area (Å²) in [7, 11) is 0. The topological polar surface area (TPSA) is 54.4 Å². The first kappa shape index (κ1) is 13.7. The van der Waals surface area contributed by atoms with Crippen LogP contribution in [0.1, 0.15) is 21.5 Å². The second-order valence-electron chi connectivity index (χ2n) is 4.45. The summed E-state index contributed by atoms with van der Waals surface area (Å²) in [6, 6.07) is 13.4. The molecule has 20 heavy (non-hydrogen) atoms. The van der Waals surface area contributed by atoms with Crippen molar-refractivity contribution in [3.63, 3.8) is 0 Å². The predicted octanol–water partition coefficient (Wildman–Crippen LogP) is 2.96. The van der Waals surface area contributed by atoms with E-state index in [2.05, 4.69) is 0 Å². The van der Waals surface area contributed by atoms with Crippen molar-refractivity contribution >= 4 is 11.9 Å². The molecule has 0 atom stereocenters. The van der Waals surface area contributed by atoms with Gasteiger partial charge in [0.05, 0.1) is 5.56 Å². The highest BCUT2D eigenvalue weighted by molar-refractivity contribution is 6.08. The number of ketones is 1. The van der Waals surface area contributed by atoms with Gasteiger partial charge < -0.3 is 5.11 Å². The lowest BCUT2D eigenvalue weighted by molar-refractivity contribution is 0.104. The first-order valence-corrected chi connectivity index (χ1v) is 6.19. The summed E-state index contributed by atoms with van der Waals surface area (Å²) < 4.78 is 0. The monoisotopic (exact) mass is 266 g/mol. The van der Waals surface area contributed by atoms with Crippen molar-refractivity contribution in [2.45, 2.75) is 6.92 Å². The smallest absolute Gasteiger partial charge is 0.220 e. The Morgan fingerprint density at radius 3 is 2.40 bits per heavy atom. The largest absolute Gasteiger partial charge is 0.504 e. The molecule has 0 spiro atoms. The van der Waals surface area contributed by atoms with Crippen molar-refractivity contribution in [3.05, 3.63) is 81.5 Å². The molecular formula is C17H14O3. The summed E-state index contributed by atoms with van der Waals surface area (Å²) in [6.45, 7) is 1.98. The lowest BCUT2D eigenvalue weighted by Crippen LogP contribution is -2.01. The molecule has 0 aliphatic rings. The normalized spacial score (nSPS) is 10.7. The van der Waals surface area contributed by atoms with Gasteiger partial charge in [0, 0.05) is 0 Å². The third-order valence-electron chi connectivity index (χ3n) is 2.88. The maximum absolute atomic E-state index is 12.0. The molecule has 0 amide bonds. The van der Waals surface area contributed by atoms with Crippen LogP contribution in [0.25, 0.3) is 6.08 Å². The number of carbonyl (C=O) groups excluding carboxylic acids is 1. The minimum absolute atomic E-state index is 0.00311. The highest BCUT2D eigenvalue weighted by Gasteiger charge is 2.09. The van der Waals surface area contributed by atoms with Crippen molar-refractivity contribution in [2.24, 2.45) is 0 Å². The van der Waals surface area contributed by atoms with E-state index >= 15 is 0 Å². The van der Waals surface area contributed by atoms with Crippen molar-refractivity contribution < 1.29 is 9.90 Å². The molecule has 2 aromatic carbocycles. The number of aromatic hydroxyl groups is 1. The highest BCUT2D eigenvalue weighted by atomic mass is 16.3. The maximum Gasteiger partial charge on any atom is 0.220 e. The van der Waals surface area contributed by atoms with Gasteiger partial charge in [-0.15, -0.1) is 0 Å². The van der Waals surface area contributed by atoms with Gasteiger partial charge in [-0.05, 0) is 30.7 Å². The van der Waals surface area contributed by atoms with Gasteiger partial charge in [0.1, 0.15) is 0 Å². The van der Waals surface area contributed by atoms with Gasteiger partial charge in [0.2, 0.25) is 5.43 Å². The number of allylic oxidation sites excluding steroid dienone is 1. The van der Waals surface area contributed by atoms with Crippen LogP contribution in [0.5, 0.6) is 5.75 Å². The third kappa shape index (κ3) is 3.20. The maximum atomic E-state index is 12.0. The van der Waals surface area contributed by atoms with Crippen molar-refractivity contribution in [2.75, 3.05) is 0 Å². The second kappa shape index (κ2) is 5.97. The molecule has 3 nitrogen and oxygen atoms in total. The Labute approximate surface area is 116 Å². The Hall–Kier alpha value is -2.68. The fourth-order valence-electron chi connectivity index (χ4n) is 1.72. The van der Waals surface area contributed by atoms with Crippen LogP contribution in [0, 0.1) is 6.92 Å². The lowest BCUT2D eigenvalue weighted by Gasteiger charge is -1.96. The van der Waals surface area contributed by atoms with E-state index in [-0.39, 0.29) is 5.56 Å². The van der Waals surface area contributed by atoms with E-state index in [1.807, 2.05) is 31.2 Å². The quantitative estimate of drug-likeness (QED) is 0.686. The molecule has 1 N–H and O–H groups in total.